The molecule has 0 atom stereocenters. The largest absolute Gasteiger partial charge is 0.228 e. The molecule has 3 heteroatoms. The van der Waals surface area contributed by atoms with E-state index >= 15 is 0 Å². The topological polar surface area (TPSA) is 25.8 Å². The first kappa shape index (κ1) is 22.9. The zero-order valence-corrected chi connectivity index (χ0v) is 22.2. The number of nitrogens with zero attached hydrogens (tertiary/aromatic N) is 2. The van der Waals surface area contributed by atoms with E-state index in [1.165, 1.54) is 32.0 Å². The molecule has 0 N–H and O–H groups in total. The second-order valence-electron chi connectivity index (χ2n) is 10.3. The highest BCUT2D eigenvalue weighted by Crippen LogP contribution is 2.52. The molecule has 6 aromatic rings. The highest BCUT2D eigenvalue weighted by atomic mass is 32.2. The van der Waals surface area contributed by atoms with Crippen LogP contribution in [0.1, 0.15) is 25.0 Å². The van der Waals surface area contributed by atoms with Crippen LogP contribution < -0.4 is 0 Å². The van der Waals surface area contributed by atoms with Crippen LogP contribution >= 0.6 is 11.8 Å². The number of benzene rings is 5. The maximum atomic E-state index is 5.04. The zero-order chi connectivity index (χ0) is 25.7. The average Bonchev–Trinajstić information content (AvgIpc) is 2.97. The second-order valence-corrected chi connectivity index (χ2v) is 11.3. The van der Waals surface area contributed by atoms with Crippen LogP contribution in [0.3, 0.4) is 0 Å². The van der Waals surface area contributed by atoms with Gasteiger partial charge in [0.1, 0.15) is 0 Å². The van der Waals surface area contributed by atoms with Gasteiger partial charge in [0.25, 0.3) is 0 Å². The van der Waals surface area contributed by atoms with Crippen molar-refractivity contribution < 1.29 is 0 Å². The van der Waals surface area contributed by atoms with Crippen molar-refractivity contribution in [2.24, 2.45) is 0 Å². The molecule has 0 saturated carbocycles. The average molecular weight is 507 g/mol. The van der Waals surface area contributed by atoms with Gasteiger partial charge in [0.15, 0.2) is 5.82 Å². The van der Waals surface area contributed by atoms with Crippen LogP contribution in [0, 0.1) is 0 Å². The summed E-state index contributed by atoms with van der Waals surface area (Å²) >= 11 is 1.89. The van der Waals surface area contributed by atoms with Crippen molar-refractivity contribution in [3.8, 4) is 33.8 Å². The number of para-hydroxylation sites is 1. The summed E-state index contributed by atoms with van der Waals surface area (Å²) in [5, 5.41) is 1.06. The fourth-order valence-electron chi connectivity index (χ4n) is 5.51. The van der Waals surface area contributed by atoms with Crippen LogP contribution in [0.25, 0.3) is 44.7 Å². The molecule has 38 heavy (non-hydrogen) atoms. The van der Waals surface area contributed by atoms with E-state index in [0.717, 1.165) is 33.5 Å². The molecular formula is C35H26N2S. The summed E-state index contributed by atoms with van der Waals surface area (Å²) in [7, 11) is 0. The van der Waals surface area contributed by atoms with Gasteiger partial charge in [-0.1, -0.05) is 135 Å². The van der Waals surface area contributed by atoms with Gasteiger partial charge in [0.2, 0.25) is 0 Å². The Kier molecular flexibility index (Phi) is 5.41. The summed E-state index contributed by atoms with van der Waals surface area (Å²) in [5.41, 5.74) is 9.26. The van der Waals surface area contributed by atoms with E-state index in [2.05, 4.69) is 111 Å². The Morgan fingerprint density at radius 2 is 1.24 bits per heavy atom. The number of hydrogen-bond donors (Lipinski definition) is 0. The molecule has 0 bridgehead atoms. The van der Waals surface area contributed by atoms with E-state index in [1.807, 2.05) is 36.0 Å². The monoisotopic (exact) mass is 506 g/mol. The first-order chi connectivity index (χ1) is 18.6. The van der Waals surface area contributed by atoms with Gasteiger partial charge in [-0.2, -0.15) is 0 Å². The Morgan fingerprint density at radius 3 is 2.08 bits per heavy atom. The SMILES string of the molecule is CC1(C)c2ccccc2Sc2c(-c3ccc(-c4nc(-c5ccccc5)nc5ccccc45)cc3)cccc21. The summed E-state index contributed by atoms with van der Waals surface area (Å²) in [6.07, 6.45) is 0. The van der Waals surface area contributed by atoms with Crippen LogP contribution in [0.5, 0.6) is 0 Å². The van der Waals surface area contributed by atoms with Gasteiger partial charge in [-0.05, 0) is 34.4 Å². The normalized spacial score (nSPS) is 13.6. The van der Waals surface area contributed by atoms with Crippen molar-refractivity contribution in [2.75, 3.05) is 0 Å². The highest BCUT2D eigenvalue weighted by molar-refractivity contribution is 7.99. The maximum Gasteiger partial charge on any atom is 0.160 e. The van der Waals surface area contributed by atoms with Crippen LogP contribution in [-0.4, -0.2) is 9.97 Å². The summed E-state index contributed by atoms with van der Waals surface area (Å²) in [5.74, 6) is 0.748. The third kappa shape index (κ3) is 3.74. The number of rotatable bonds is 3. The van der Waals surface area contributed by atoms with E-state index < -0.39 is 0 Å². The molecule has 0 fully saturated rings. The van der Waals surface area contributed by atoms with Crippen molar-refractivity contribution in [2.45, 2.75) is 29.1 Å². The molecular weight excluding hydrogens is 480 g/mol. The molecule has 182 valence electrons. The molecule has 0 saturated heterocycles. The molecule has 0 unspecified atom stereocenters. The minimum atomic E-state index is -0.0408. The van der Waals surface area contributed by atoms with Crippen molar-refractivity contribution in [3.05, 3.63) is 132 Å². The molecule has 1 aliphatic heterocycles. The molecule has 7 rings (SSSR count). The molecule has 2 nitrogen and oxygen atoms in total. The lowest BCUT2D eigenvalue weighted by Crippen LogP contribution is -2.23. The molecule has 0 aliphatic carbocycles. The predicted octanol–water partition coefficient (Wildman–Crippen LogP) is 9.42. The Bertz CT molecular complexity index is 1800. The lowest BCUT2D eigenvalue weighted by molar-refractivity contribution is 0.608. The van der Waals surface area contributed by atoms with Gasteiger partial charge >= 0.3 is 0 Å². The second kappa shape index (κ2) is 8.97. The van der Waals surface area contributed by atoms with Crippen LogP contribution in [0.4, 0.5) is 0 Å². The lowest BCUT2D eigenvalue weighted by atomic mass is 9.77. The van der Waals surface area contributed by atoms with Gasteiger partial charge < -0.3 is 0 Å². The quantitative estimate of drug-likeness (QED) is 0.239. The fourth-order valence-corrected chi connectivity index (χ4v) is 7.04. The minimum absolute atomic E-state index is 0.0408. The smallest absolute Gasteiger partial charge is 0.160 e. The van der Waals surface area contributed by atoms with E-state index in [1.54, 1.807) is 0 Å². The van der Waals surface area contributed by atoms with Gasteiger partial charge in [0.05, 0.1) is 11.2 Å². The van der Waals surface area contributed by atoms with Gasteiger partial charge in [-0.25, -0.2) is 9.97 Å². The lowest BCUT2D eigenvalue weighted by Gasteiger charge is -2.35. The number of hydrogen-bond acceptors (Lipinski definition) is 3. The molecule has 0 radical (unpaired) electrons. The Hall–Kier alpha value is -4.21. The van der Waals surface area contributed by atoms with Crippen LogP contribution in [0.2, 0.25) is 0 Å². The number of fused-ring (bicyclic) bond motifs is 3. The van der Waals surface area contributed by atoms with Crippen LogP contribution in [-0.2, 0) is 5.41 Å². The molecule has 1 aliphatic rings. The Labute approximate surface area is 227 Å². The third-order valence-electron chi connectivity index (χ3n) is 7.57. The first-order valence-corrected chi connectivity index (χ1v) is 13.7. The van der Waals surface area contributed by atoms with E-state index in [9.17, 15) is 0 Å². The fraction of sp³-hybridized carbons (Fsp3) is 0.0857. The van der Waals surface area contributed by atoms with Crippen LogP contribution in [0.15, 0.2) is 131 Å². The predicted molar refractivity (Wildman–Crippen MR) is 159 cm³/mol. The van der Waals surface area contributed by atoms with Gasteiger partial charge in [-0.15, -0.1) is 0 Å². The van der Waals surface area contributed by atoms with Crippen molar-refractivity contribution in [1.29, 1.82) is 0 Å². The summed E-state index contributed by atoms with van der Waals surface area (Å²) in [6, 6.07) is 42.9. The summed E-state index contributed by atoms with van der Waals surface area (Å²) in [6.45, 7) is 4.67. The van der Waals surface area contributed by atoms with Crippen molar-refractivity contribution in [3.63, 3.8) is 0 Å². The Morgan fingerprint density at radius 1 is 0.553 bits per heavy atom. The third-order valence-corrected chi connectivity index (χ3v) is 8.79. The summed E-state index contributed by atoms with van der Waals surface area (Å²) in [4.78, 5) is 12.6. The number of aromatic nitrogens is 2. The molecule has 2 heterocycles. The summed E-state index contributed by atoms with van der Waals surface area (Å²) < 4.78 is 0. The van der Waals surface area contributed by atoms with Gasteiger partial charge in [0, 0.05) is 31.7 Å². The first-order valence-electron chi connectivity index (χ1n) is 12.9. The van der Waals surface area contributed by atoms with Crippen molar-refractivity contribution in [1.82, 2.24) is 9.97 Å². The zero-order valence-electron chi connectivity index (χ0n) is 21.3. The molecule has 0 spiro atoms. The van der Waals surface area contributed by atoms with Crippen molar-refractivity contribution >= 4 is 22.7 Å². The van der Waals surface area contributed by atoms with E-state index in [-0.39, 0.29) is 5.41 Å². The molecule has 1 aromatic heterocycles. The molecule has 0 amide bonds. The van der Waals surface area contributed by atoms with E-state index in [4.69, 9.17) is 9.97 Å². The van der Waals surface area contributed by atoms with Gasteiger partial charge in [-0.3, -0.25) is 0 Å². The minimum Gasteiger partial charge on any atom is -0.228 e. The van der Waals surface area contributed by atoms with E-state index in [0.29, 0.717) is 0 Å². The standard InChI is InChI=1S/C35H26N2S/c1-35(2)28-15-7-9-18-31(28)38-33-26(14-10-16-29(33)35)23-19-21-24(22-20-23)32-27-13-6-8-17-30(27)36-34(37-32)25-11-4-3-5-12-25/h3-22H,1-2H3. The highest BCUT2D eigenvalue weighted by Gasteiger charge is 2.34. The Balaban J connectivity index is 1.33. The maximum absolute atomic E-state index is 5.04. The molecule has 5 aromatic carbocycles.